The van der Waals surface area contributed by atoms with Crippen LogP contribution >= 0.6 is 11.3 Å². The van der Waals surface area contributed by atoms with E-state index in [0.717, 1.165) is 11.3 Å². The summed E-state index contributed by atoms with van der Waals surface area (Å²) in [4.78, 5) is 37.9. The van der Waals surface area contributed by atoms with E-state index in [1.165, 1.54) is 28.2 Å². The second-order valence-corrected chi connectivity index (χ2v) is 8.17. The molecule has 1 aromatic carbocycles. The van der Waals surface area contributed by atoms with E-state index < -0.39 is 0 Å². The van der Waals surface area contributed by atoms with Crippen molar-refractivity contribution in [2.45, 2.75) is 26.6 Å². The van der Waals surface area contributed by atoms with Crippen molar-refractivity contribution < 1.29 is 9.53 Å². The molecule has 0 radical (unpaired) electrons. The maximum absolute atomic E-state index is 12.4. The lowest BCUT2D eigenvalue weighted by Crippen LogP contribution is -2.22. The highest BCUT2D eigenvalue weighted by molar-refractivity contribution is 7.13. The Morgan fingerprint density at radius 3 is 2.69 bits per heavy atom. The van der Waals surface area contributed by atoms with Gasteiger partial charge in [0.15, 0.2) is 0 Å². The molecule has 0 spiro atoms. The Morgan fingerprint density at radius 1 is 1.09 bits per heavy atom. The van der Waals surface area contributed by atoms with Crippen LogP contribution in [0.3, 0.4) is 0 Å². The third kappa shape index (κ3) is 5.64. The Morgan fingerprint density at radius 2 is 1.94 bits per heavy atom. The van der Waals surface area contributed by atoms with Crippen LogP contribution in [0, 0.1) is 6.92 Å². The average Bonchev–Trinajstić information content (AvgIpc) is 3.28. The fraction of sp³-hybridized carbons (Fsp3) is 0.174. The fourth-order valence-electron chi connectivity index (χ4n) is 2.85. The third-order valence-electron chi connectivity index (χ3n) is 4.56. The van der Waals surface area contributed by atoms with E-state index in [9.17, 15) is 9.59 Å². The van der Waals surface area contributed by atoms with Gasteiger partial charge in [0.05, 0.1) is 36.9 Å². The third-order valence-corrected chi connectivity index (χ3v) is 5.54. The number of nitrogens with one attached hydrogen (secondary N) is 1. The van der Waals surface area contributed by atoms with Gasteiger partial charge in [-0.2, -0.15) is 0 Å². The van der Waals surface area contributed by atoms with E-state index in [4.69, 9.17) is 4.74 Å². The molecule has 0 aliphatic rings. The lowest BCUT2D eigenvalue weighted by molar-refractivity contribution is 0.0954. The van der Waals surface area contributed by atoms with E-state index in [0.29, 0.717) is 27.9 Å². The Kier molecular flexibility index (Phi) is 6.66. The van der Waals surface area contributed by atoms with Crippen LogP contribution in [-0.2, 0) is 19.7 Å². The SMILES string of the molecule is Cc1cnc(CNC(=O)c2cnc(Cn3ccc(OCc4ccccc4)cc3=O)s2)cn1. The second-order valence-electron chi connectivity index (χ2n) is 7.05. The topological polar surface area (TPSA) is 99.0 Å². The highest BCUT2D eigenvalue weighted by Crippen LogP contribution is 2.15. The van der Waals surface area contributed by atoms with Crippen molar-refractivity contribution in [1.82, 2.24) is 24.8 Å². The maximum atomic E-state index is 12.4. The first kappa shape index (κ1) is 21.4. The fourth-order valence-corrected chi connectivity index (χ4v) is 3.69. The van der Waals surface area contributed by atoms with Gasteiger partial charge in [0, 0.05) is 18.5 Å². The molecule has 0 saturated carbocycles. The van der Waals surface area contributed by atoms with Crippen molar-refractivity contribution in [3.63, 3.8) is 0 Å². The van der Waals surface area contributed by atoms with Gasteiger partial charge in [0.2, 0.25) is 0 Å². The molecule has 0 atom stereocenters. The molecule has 1 amide bonds. The normalized spacial score (nSPS) is 10.7. The number of hydrogen-bond acceptors (Lipinski definition) is 7. The number of benzene rings is 1. The standard InChI is InChI=1S/C23H21N5O3S/c1-16-10-25-18(11-24-16)12-27-23(30)20-13-26-21(32-20)14-28-8-7-19(9-22(28)29)31-15-17-5-3-2-4-6-17/h2-11,13H,12,14-15H2,1H3,(H,27,30). The largest absolute Gasteiger partial charge is 0.489 e. The molecule has 0 bridgehead atoms. The molecule has 0 saturated heterocycles. The molecule has 3 aromatic heterocycles. The minimum absolute atomic E-state index is 0.199. The number of hydrogen-bond donors (Lipinski definition) is 1. The first-order chi connectivity index (χ1) is 15.6. The summed E-state index contributed by atoms with van der Waals surface area (Å²) in [5.41, 5.74) is 2.32. The lowest BCUT2D eigenvalue weighted by atomic mass is 10.2. The molecule has 9 heteroatoms. The van der Waals surface area contributed by atoms with E-state index in [1.807, 2.05) is 37.3 Å². The van der Waals surface area contributed by atoms with E-state index in [-0.39, 0.29) is 24.6 Å². The summed E-state index contributed by atoms with van der Waals surface area (Å²) in [6, 6.07) is 12.9. The van der Waals surface area contributed by atoms with Crippen molar-refractivity contribution in [1.29, 1.82) is 0 Å². The summed E-state index contributed by atoms with van der Waals surface area (Å²) in [5, 5.41) is 3.46. The zero-order chi connectivity index (χ0) is 22.3. The van der Waals surface area contributed by atoms with Crippen molar-refractivity contribution in [2.75, 3.05) is 0 Å². The number of amides is 1. The number of aromatic nitrogens is 4. The van der Waals surface area contributed by atoms with E-state index in [1.54, 1.807) is 24.7 Å². The molecular weight excluding hydrogens is 426 g/mol. The summed E-state index contributed by atoms with van der Waals surface area (Å²) >= 11 is 1.24. The van der Waals surface area contributed by atoms with Gasteiger partial charge in [-0.1, -0.05) is 30.3 Å². The molecular formula is C23H21N5O3S. The van der Waals surface area contributed by atoms with Crippen LogP contribution in [0.25, 0.3) is 0 Å². The van der Waals surface area contributed by atoms with Crippen LogP contribution in [0.5, 0.6) is 5.75 Å². The number of aryl methyl sites for hydroxylation is 1. The van der Waals surface area contributed by atoms with Crippen LogP contribution < -0.4 is 15.6 Å². The highest BCUT2D eigenvalue weighted by atomic mass is 32.1. The number of rotatable bonds is 8. The molecule has 4 rings (SSSR count). The van der Waals surface area contributed by atoms with Crippen LogP contribution in [0.1, 0.15) is 31.6 Å². The summed E-state index contributed by atoms with van der Waals surface area (Å²) < 4.78 is 7.22. The zero-order valence-corrected chi connectivity index (χ0v) is 18.2. The molecule has 0 fully saturated rings. The molecule has 4 aromatic rings. The molecule has 32 heavy (non-hydrogen) atoms. The Hall–Kier alpha value is -3.85. The van der Waals surface area contributed by atoms with Gasteiger partial charge in [0.25, 0.3) is 11.5 Å². The molecule has 0 aliphatic carbocycles. The summed E-state index contributed by atoms with van der Waals surface area (Å²) in [7, 11) is 0. The molecule has 0 unspecified atom stereocenters. The predicted octanol–water partition coefficient (Wildman–Crippen LogP) is 2.96. The molecule has 1 N–H and O–H groups in total. The quantitative estimate of drug-likeness (QED) is 0.446. The van der Waals surface area contributed by atoms with Crippen molar-refractivity contribution in [3.05, 3.63) is 104 Å². The van der Waals surface area contributed by atoms with Crippen molar-refractivity contribution >= 4 is 17.2 Å². The number of pyridine rings is 1. The Bertz CT molecular complexity index is 1250. The first-order valence-corrected chi connectivity index (χ1v) is 10.8. The number of thiazole rings is 1. The monoisotopic (exact) mass is 447 g/mol. The van der Waals surface area contributed by atoms with E-state index in [2.05, 4.69) is 20.3 Å². The van der Waals surface area contributed by atoms with Gasteiger partial charge in [-0.15, -0.1) is 11.3 Å². The minimum atomic E-state index is -0.242. The molecule has 3 heterocycles. The van der Waals surface area contributed by atoms with Gasteiger partial charge in [0.1, 0.15) is 22.2 Å². The Balaban J connectivity index is 1.33. The molecule has 162 valence electrons. The average molecular weight is 448 g/mol. The summed E-state index contributed by atoms with van der Waals surface area (Å²) in [6.07, 6.45) is 6.47. The molecule has 8 nitrogen and oxygen atoms in total. The van der Waals surface area contributed by atoms with Crippen molar-refractivity contribution in [2.24, 2.45) is 0 Å². The summed E-state index contributed by atoms with van der Waals surface area (Å²) in [5.74, 6) is 0.265. The van der Waals surface area contributed by atoms with Gasteiger partial charge in [-0.3, -0.25) is 19.6 Å². The van der Waals surface area contributed by atoms with Gasteiger partial charge >= 0.3 is 0 Å². The second kappa shape index (κ2) is 9.97. The minimum Gasteiger partial charge on any atom is -0.489 e. The predicted molar refractivity (Wildman–Crippen MR) is 121 cm³/mol. The smallest absolute Gasteiger partial charge is 0.263 e. The maximum Gasteiger partial charge on any atom is 0.263 e. The van der Waals surface area contributed by atoms with Crippen LogP contribution in [0.4, 0.5) is 0 Å². The number of carbonyl (C=O) groups is 1. The Labute approximate surface area is 188 Å². The lowest BCUT2D eigenvalue weighted by Gasteiger charge is -2.08. The van der Waals surface area contributed by atoms with Gasteiger partial charge < -0.3 is 14.6 Å². The van der Waals surface area contributed by atoms with E-state index >= 15 is 0 Å². The number of ether oxygens (including phenoxy) is 1. The number of nitrogens with zero attached hydrogens (tertiary/aromatic N) is 4. The van der Waals surface area contributed by atoms with Gasteiger partial charge in [-0.05, 0) is 18.6 Å². The van der Waals surface area contributed by atoms with Crippen LogP contribution in [0.15, 0.2) is 72.0 Å². The zero-order valence-electron chi connectivity index (χ0n) is 17.4. The van der Waals surface area contributed by atoms with Gasteiger partial charge in [-0.25, -0.2) is 4.98 Å². The van der Waals surface area contributed by atoms with Crippen molar-refractivity contribution in [3.8, 4) is 5.75 Å². The highest BCUT2D eigenvalue weighted by Gasteiger charge is 2.12. The van der Waals surface area contributed by atoms with Crippen LogP contribution in [0.2, 0.25) is 0 Å². The summed E-state index contributed by atoms with van der Waals surface area (Å²) in [6.45, 7) is 2.80. The van der Waals surface area contributed by atoms with Crippen LogP contribution in [-0.4, -0.2) is 25.4 Å². The number of carbonyl (C=O) groups excluding carboxylic acids is 1. The molecule has 0 aliphatic heterocycles. The first-order valence-electron chi connectivity index (χ1n) is 9.94.